The third-order valence-electron chi connectivity index (χ3n) is 7.19. The van der Waals surface area contributed by atoms with Crippen LogP contribution in [0.4, 0.5) is 5.69 Å². The summed E-state index contributed by atoms with van der Waals surface area (Å²) in [5, 5.41) is 0.519. The minimum atomic E-state index is -0.837. The molecule has 0 aromatic heterocycles. The van der Waals surface area contributed by atoms with Crippen LogP contribution in [0.15, 0.2) is 79.0 Å². The van der Waals surface area contributed by atoms with Crippen molar-refractivity contribution in [3.63, 3.8) is 0 Å². The number of anilines is 1. The molecule has 174 valence electrons. The first-order valence-corrected chi connectivity index (χ1v) is 11.7. The second kappa shape index (κ2) is 8.10. The largest absolute Gasteiger partial charge is 0.495 e. The Bertz CT molecular complexity index is 1400. The molecule has 0 N–H and O–H groups in total. The topological polar surface area (TPSA) is 66.9 Å². The first kappa shape index (κ1) is 21.6. The lowest BCUT2D eigenvalue weighted by atomic mass is 9.83. The van der Waals surface area contributed by atoms with E-state index in [4.69, 9.17) is 16.3 Å². The zero-order valence-corrected chi connectivity index (χ0v) is 19.6. The molecule has 2 amide bonds. The Balaban J connectivity index is 1.51. The van der Waals surface area contributed by atoms with E-state index in [1.807, 2.05) is 41.4 Å². The van der Waals surface area contributed by atoms with Gasteiger partial charge in [-0.2, -0.15) is 0 Å². The van der Waals surface area contributed by atoms with E-state index in [9.17, 15) is 14.4 Å². The van der Waals surface area contributed by atoms with Crippen LogP contribution in [0.1, 0.15) is 27.5 Å². The van der Waals surface area contributed by atoms with Gasteiger partial charge in [-0.1, -0.05) is 48.0 Å². The van der Waals surface area contributed by atoms with Crippen molar-refractivity contribution in [1.82, 2.24) is 4.90 Å². The van der Waals surface area contributed by atoms with Gasteiger partial charge in [0.25, 0.3) is 0 Å². The molecular formula is C28H21ClN2O4. The highest BCUT2D eigenvalue weighted by Gasteiger charge is 2.64. The summed E-state index contributed by atoms with van der Waals surface area (Å²) in [6, 6.07) is 20.1. The van der Waals surface area contributed by atoms with Crippen molar-refractivity contribution in [3.8, 4) is 5.75 Å². The first-order valence-electron chi connectivity index (χ1n) is 11.4. The van der Waals surface area contributed by atoms with E-state index in [-0.39, 0.29) is 11.7 Å². The minimum Gasteiger partial charge on any atom is -0.495 e. The van der Waals surface area contributed by atoms with Crippen molar-refractivity contribution < 1.29 is 19.1 Å². The van der Waals surface area contributed by atoms with Gasteiger partial charge in [-0.05, 0) is 53.6 Å². The van der Waals surface area contributed by atoms with Crippen molar-refractivity contribution in [3.05, 3.63) is 101 Å². The maximum Gasteiger partial charge on any atom is 0.240 e. The van der Waals surface area contributed by atoms with Gasteiger partial charge in [-0.25, -0.2) is 4.90 Å². The van der Waals surface area contributed by atoms with Crippen molar-refractivity contribution in [2.75, 3.05) is 12.0 Å². The SMILES string of the molecule is COc1ccccc1N1C(=O)[C@@H]2[C@H](C1=O)C1c3ccccc3C=CN1[C@@H]2C(=O)c1ccc(Cl)cc1. The van der Waals surface area contributed by atoms with Crippen molar-refractivity contribution >= 4 is 41.0 Å². The van der Waals surface area contributed by atoms with Gasteiger partial charge in [0.2, 0.25) is 11.8 Å². The highest BCUT2D eigenvalue weighted by molar-refractivity contribution is 6.30. The normalized spacial score (nSPS) is 24.3. The van der Waals surface area contributed by atoms with Gasteiger partial charge in [0, 0.05) is 16.8 Å². The molecule has 3 aromatic rings. The number of hydrogen-bond donors (Lipinski definition) is 0. The maximum atomic E-state index is 14.0. The molecule has 7 heteroatoms. The average Bonchev–Trinajstić information content (AvgIpc) is 3.36. The van der Waals surface area contributed by atoms with Crippen molar-refractivity contribution in [1.29, 1.82) is 0 Å². The Morgan fingerprint density at radius 2 is 1.57 bits per heavy atom. The molecule has 0 spiro atoms. The van der Waals surface area contributed by atoms with Crippen LogP contribution in [-0.2, 0) is 9.59 Å². The Morgan fingerprint density at radius 1 is 0.886 bits per heavy atom. The van der Waals surface area contributed by atoms with Gasteiger partial charge in [-0.15, -0.1) is 0 Å². The van der Waals surface area contributed by atoms with Gasteiger partial charge < -0.3 is 9.64 Å². The molecule has 35 heavy (non-hydrogen) atoms. The van der Waals surface area contributed by atoms with Crippen LogP contribution in [0.2, 0.25) is 5.02 Å². The first-order chi connectivity index (χ1) is 17.0. The van der Waals surface area contributed by atoms with E-state index < -0.39 is 29.8 Å². The third kappa shape index (κ3) is 3.13. The number of ether oxygens (including phenoxy) is 1. The number of ketones is 1. The van der Waals surface area contributed by atoms with E-state index in [1.165, 1.54) is 12.0 Å². The summed E-state index contributed by atoms with van der Waals surface area (Å²) in [5.41, 5.74) is 2.74. The highest BCUT2D eigenvalue weighted by Crippen LogP contribution is 2.54. The third-order valence-corrected chi connectivity index (χ3v) is 7.44. The number of halogens is 1. The number of imide groups is 1. The highest BCUT2D eigenvalue weighted by atomic mass is 35.5. The molecule has 0 radical (unpaired) electrons. The number of hydrogen-bond acceptors (Lipinski definition) is 5. The Kier molecular flexibility index (Phi) is 5.00. The van der Waals surface area contributed by atoms with E-state index in [0.717, 1.165) is 11.1 Å². The minimum absolute atomic E-state index is 0.216. The smallest absolute Gasteiger partial charge is 0.240 e. The molecular weight excluding hydrogens is 464 g/mol. The molecule has 1 unspecified atom stereocenters. The molecule has 0 bridgehead atoms. The second-order valence-corrected chi connectivity index (χ2v) is 9.32. The Morgan fingerprint density at radius 3 is 2.34 bits per heavy atom. The molecule has 3 aliphatic rings. The monoisotopic (exact) mass is 484 g/mol. The van der Waals surface area contributed by atoms with Crippen LogP contribution in [0.3, 0.4) is 0 Å². The van der Waals surface area contributed by atoms with Crippen LogP contribution >= 0.6 is 11.6 Å². The fourth-order valence-corrected chi connectivity index (χ4v) is 5.82. The van der Waals surface area contributed by atoms with Crippen molar-refractivity contribution in [2.45, 2.75) is 12.1 Å². The van der Waals surface area contributed by atoms with Gasteiger partial charge in [0.1, 0.15) is 11.8 Å². The summed E-state index contributed by atoms with van der Waals surface area (Å²) in [4.78, 5) is 44.9. The molecule has 0 aliphatic carbocycles. The number of benzene rings is 3. The average molecular weight is 485 g/mol. The van der Waals surface area contributed by atoms with Crippen molar-refractivity contribution in [2.24, 2.45) is 11.8 Å². The number of carbonyl (C=O) groups excluding carboxylic acids is 3. The number of para-hydroxylation sites is 2. The molecule has 2 fully saturated rings. The van der Waals surface area contributed by atoms with E-state index in [2.05, 4.69) is 0 Å². The number of rotatable bonds is 4. The van der Waals surface area contributed by atoms with Gasteiger partial charge >= 0.3 is 0 Å². The maximum absolute atomic E-state index is 14.0. The Hall–Kier alpha value is -3.90. The molecule has 4 atom stereocenters. The van der Waals surface area contributed by atoms with Crippen LogP contribution < -0.4 is 9.64 Å². The molecule has 0 saturated carbocycles. The second-order valence-electron chi connectivity index (χ2n) is 8.89. The van der Waals surface area contributed by atoms with Gasteiger partial charge in [0.05, 0.1) is 30.7 Å². The van der Waals surface area contributed by atoms with Gasteiger partial charge in [0.15, 0.2) is 5.78 Å². The molecule has 3 aliphatic heterocycles. The number of nitrogens with zero attached hydrogens (tertiary/aromatic N) is 2. The summed E-state index contributed by atoms with van der Waals surface area (Å²) in [6.45, 7) is 0. The lowest BCUT2D eigenvalue weighted by Crippen LogP contribution is -2.44. The zero-order chi connectivity index (χ0) is 24.3. The summed E-state index contributed by atoms with van der Waals surface area (Å²) < 4.78 is 5.45. The summed E-state index contributed by atoms with van der Waals surface area (Å²) >= 11 is 6.04. The predicted octanol–water partition coefficient (Wildman–Crippen LogP) is 4.75. The van der Waals surface area contributed by atoms with E-state index >= 15 is 0 Å². The van der Waals surface area contributed by atoms with Gasteiger partial charge in [-0.3, -0.25) is 14.4 Å². The standard InChI is InChI=1S/C28H21ClN2O4/c1-35-21-9-5-4-8-20(21)31-27(33)22-23(28(31)34)25(26(32)17-10-12-18(29)13-11-17)30-15-14-16-6-2-3-7-19(16)24(22)30/h2-15,22-25H,1H3/t22-,23+,24?,25-/m0/s1. The number of fused-ring (bicyclic) bond motifs is 5. The van der Waals surface area contributed by atoms with Crippen LogP contribution in [0.5, 0.6) is 5.75 Å². The lowest BCUT2D eigenvalue weighted by Gasteiger charge is -2.35. The van der Waals surface area contributed by atoms with Crippen LogP contribution in [-0.4, -0.2) is 35.6 Å². The fraction of sp³-hybridized carbons (Fsp3) is 0.179. The Labute approximate surface area is 207 Å². The summed E-state index contributed by atoms with van der Waals surface area (Å²) in [7, 11) is 1.50. The zero-order valence-electron chi connectivity index (χ0n) is 18.8. The quantitative estimate of drug-likeness (QED) is 0.395. The molecule has 6 rings (SSSR count). The molecule has 6 nitrogen and oxygen atoms in total. The number of Topliss-reactive ketones (excluding diaryl/α,β-unsaturated/α-hetero) is 1. The molecule has 3 aromatic carbocycles. The van der Waals surface area contributed by atoms with Crippen LogP contribution in [0.25, 0.3) is 6.08 Å². The fourth-order valence-electron chi connectivity index (χ4n) is 5.69. The summed E-state index contributed by atoms with van der Waals surface area (Å²) in [6.07, 6.45) is 3.78. The van der Waals surface area contributed by atoms with Crippen LogP contribution in [0, 0.1) is 11.8 Å². The van der Waals surface area contributed by atoms with E-state index in [0.29, 0.717) is 22.0 Å². The molecule has 3 heterocycles. The number of amides is 2. The van der Waals surface area contributed by atoms with E-state index in [1.54, 1.807) is 48.5 Å². The number of methoxy groups -OCH3 is 1. The predicted molar refractivity (Wildman–Crippen MR) is 132 cm³/mol. The summed E-state index contributed by atoms with van der Waals surface area (Å²) in [5.74, 6) is -2.05. The molecule has 2 saturated heterocycles. The number of carbonyl (C=O) groups is 3. The lowest BCUT2D eigenvalue weighted by molar-refractivity contribution is -0.123.